The predicted octanol–water partition coefficient (Wildman–Crippen LogP) is 3.73. The highest BCUT2D eigenvalue weighted by Gasteiger charge is 2.12. The average molecular weight is 394 g/mol. The van der Waals surface area contributed by atoms with Crippen molar-refractivity contribution >= 4 is 34.1 Å². The number of amides is 1. The number of carbonyl (C=O) groups excluding carboxylic acids is 1. The maximum atomic E-state index is 12.4. The van der Waals surface area contributed by atoms with Gasteiger partial charge >= 0.3 is 0 Å². The number of para-hydroxylation sites is 2. The number of rotatable bonds is 5. The Balaban J connectivity index is 1.39. The van der Waals surface area contributed by atoms with Crippen molar-refractivity contribution in [3.05, 3.63) is 84.4 Å². The van der Waals surface area contributed by atoms with Crippen LogP contribution in [0, 0.1) is 0 Å². The number of hydrogen-bond acceptors (Lipinski definition) is 4. The second-order valence-electron chi connectivity index (χ2n) is 6.85. The molecule has 1 amide bonds. The van der Waals surface area contributed by atoms with Gasteiger partial charge in [0, 0.05) is 16.5 Å². The van der Waals surface area contributed by atoms with E-state index in [-0.39, 0.29) is 12.5 Å². The molecule has 0 aliphatic carbocycles. The first kappa shape index (κ1) is 17.8. The standard InChI is InChI=1S/C23H18N6O/c30-22(15-29-21-13-7-6-12-20(21)26-28-29)27-24-14-18-17-10-4-5-11-19(17)25-23(18)16-8-2-1-3-9-16/h1-14,25H,15H2,(H,27,30)/b24-14+. The monoisotopic (exact) mass is 394 g/mol. The minimum atomic E-state index is -0.275. The Hall–Kier alpha value is -4.26. The van der Waals surface area contributed by atoms with Crippen LogP contribution in [0.3, 0.4) is 0 Å². The van der Waals surface area contributed by atoms with Gasteiger partial charge in [0.2, 0.25) is 0 Å². The number of fused-ring (bicyclic) bond motifs is 2. The zero-order chi connectivity index (χ0) is 20.3. The molecule has 0 spiro atoms. The lowest BCUT2D eigenvalue weighted by Gasteiger charge is -2.02. The lowest BCUT2D eigenvalue weighted by Crippen LogP contribution is -2.23. The Bertz CT molecular complexity index is 1370. The molecule has 0 aliphatic heterocycles. The Labute approximate surface area is 172 Å². The highest BCUT2D eigenvalue weighted by Crippen LogP contribution is 2.28. The van der Waals surface area contributed by atoms with Crippen molar-refractivity contribution in [3.8, 4) is 11.3 Å². The van der Waals surface area contributed by atoms with E-state index in [0.717, 1.165) is 38.8 Å². The molecule has 0 bridgehead atoms. The fourth-order valence-electron chi connectivity index (χ4n) is 3.50. The molecule has 0 aliphatic rings. The number of carbonyl (C=O) groups is 1. The number of aromatic amines is 1. The smallest absolute Gasteiger partial charge is 0.261 e. The second-order valence-corrected chi connectivity index (χ2v) is 6.85. The quantitative estimate of drug-likeness (QED) is 0.352. The van der Waals surface area contributed by atoms with Crippen LogP contribution in [0.1, 0.15) is 5.56 Å². The highest BCUT2D eigenvalue weighted by atomic mass is 16.2. The fraction of sp³-hybridized carbons (Fsp3) is 0.0435. The van der Waals surface area contributed by atoms with Crippen molar-refractivity contribution in [1.29, 1.82) is 0 Å². The number of nitrogens with one attached hydrogen (secondary N) is 2. The topological polar surface area (TPSA) is 88.0 Å². The van der Waals surface area contributed by atoms with Crippen LogP contribution in [-0.2, 0) is 11.3 Å². The molecule has 7 heteroatoms. The van der Waals surface area contributed by atoms with Gasteiger partial charge in [0.05, 0.1) is 17.4 Å². The molecular weight excluding hydrogens is 376 g/mol. The summed E-state index contributed by atoms with van der Waals surface area (Å²) in [7, 11) is 0. The van der Waals surface area contributed by atoms with E-state index < -0.39 is 0 Å². The second kappa shape index (κ2) is 7.63. The largest absolute Gasteiger partial charge is 0.354 e. The summed E-state index contributed by atoms with van der Waals surface area (Å²) in [6.07, 6.45) is 1.68. The zero-order valence-electron chi connectivity index (χ0n) is 16.0. The molecule has 30 heavy (non-hydrogen) atoms. The van der Waals surface area contributed by atoms with Crippen LogP contribution in [0.2, 0.25) is 0 Å². The summed E-state index contributed by atoms with van der Waals surface area (Å²) < 4.78 is 1.56. The third kappa shape index (κ3) is 3.33. The summed E-state index contributed by atoms with van der Waals surface area (Å²) in [6.45, 7) is 0.0390. The average Bonchev–Trinajstić information content (AvgIpc) is 3.36. The van der Waals surface area contributed by atoms with Gasteiger partial charge in [0.25, 0.3) is 5.91 Å². The first-order chi connectivity index (χ1) is 14.8. The van der Waals surface area contributed by atoms with Crippen LogP contribution < -0.4 is 5.43 Å². The van der Waals surface area contributed by atoms with Crippen LogP contribution in [0.15, 0.2) is 84.0 Å². The maximum absolute atomic E-state index is 12.4. The molecule has 2 N–H and O–H groups in total. The minimum absolute atomic E-state index is 0.0390. The van der Waals surface area contributed by atoms with Crippen molar-refractivity contribution in [2.75, 3.05) is 0 Å². The molecule has 2 heterocycles. The van der Waals surface area contributed by atoms with Crippen LogP contribution in [-0.4, -0.2) is 32.1 Å². The van der Waals surface area contributed by atoms with Crippen molar-refractivity contribution in [1.82, 2.24) is 25.4 Å². The van der Waals surface area contributed by atoms with Gasteiger partial charge in [-0.2, -0.15) is 5.10 Å². The van der Waals surface area contributed by atoms with E-state index in [1.54, 1.807) is 10.9 Å². The summed E-state index contributed by atoms with van der Waals surface area (Å²) >= 11 is 0. The molecule has 0 saturated carbocycles. The lowest BCUT2D eigenvalue weighted by molar-refractivity contribution is -0.121. The molecule has 3 aromatic carbocycles. The Morgan fingerprint density at radius 3 is 2.67 bits per heavy atom. The fourth-order valence-corrected chi connectivity index (χ4v) is 3.50. The van der Waals surface area contributed by atoms with E-state index in [2.05, 4.69) is 25.8 Å². The number of nitrogens with zero attached hydrogens (tertiary/aromatic N) is 4. The van der Waals surface area contributed by atoms with Crippen molar-refractivity contribution in [2.45, 2.75) is 6.54 Å². The van der Waals surface area contributed by atoms with E-state index in [1.165, 1.54) is 0 Å². The Kier molecular flexibility index (Phi) is 4.53. The lowest BCUT2D eigenvalue weighted by atomic mass is 10.1. The number of benzene rings is 3. The van der Waals surface area contributed by atoms with Gasteiger partial charge < -0.3 is 4.98 Å². The number of aromatic nitrogens is 4. The van der Waals surface area contributed by atoms with E-state index in [9.17, 15) is 4.79 Å². The van der Waals surface area contributed by atoms with Gasteiger partial charge in [-0.15, -0.1) is 5.10 Å². The molecule has 5 aromatic rings. The molecule has 0 unspecified atom stereocenters. The summed E-state index contributed by atoms with van der Waals surface area (Å²) in [5, 5.41) is 13.3. The highest BCUT2D eigenvalue weighted by molar-refractivity contribution is 6.06. The van der Waals surface area contributed by atoms with Crippen molar-refractivity contribution in [3.63, 3.8) is 0 Å². The number of H-pyrrole nitrogens is 1. The molecule has 2 aromatic heterocycles. The van der Waals surface area contributed by atoms with Gasteiger partial charge in [0.15, 0.2) is 0 Å². The predicted molar refractivity (Wildman–Crippen MR) is 117 cm³/mol. The third-order valence-corrected chi connectivity index (χ3v) is 4.91. The Morgan fingerprint density at radius 1 is 1.00 bits per heavy atom. The molecule has 0 radical (unpaired) electrons. The van der Waals surface area contributed by atoms with Gasteiger partial charge in [-0.25, -0.2) is 10.1 Å². The summed E-state index contributed by atoms with van der Waals surface area (Å²) in [4.78, 5) is 15.8. The van der Waals surface area contributed by atoms with Crippen LogP contribution in [0.5, 0.6) is 0 Å². The normalized spacial score (nSPS) is 11.5. The zero-order valence-corrected chi connectivity index (χ0v) is 16.0. The first-order valence-electron chi connectivity index (χ1n) is 9.56. The van der Waals surface area contributed by atoms with Crippen LogP contribution >= 0.6 is 0 Å². The van der Waals surface area contributed by atoms with Crippen molar-refractivity contribution in [2.24, 2.45) is 5.10 Å². The molecule has 146 valence electrons. The SMILES string of the molecule is O=C(Cn1nnc2ccccc21)N/N=C/c1c(-c2ccccc2)[nH]c2ccccc12. The summed E-state index contributed by atoms with van der Waals surface area (Å²) in [5.41, 5.74) is 8.09. The molecule has 0 atom stereocenters. The van der Waals surface area contributed by atoms with Crippen LogP contribution in [0.4, 0.5) is 0 Å². The maximum Gasteiger partial charge on any atom is 0.261 e. The third-order valence-electron chi connectivity index (χ3n) is 4.91. The van der Waals surface area contributed by atoms with E-state index in [1.807, 2.05) is 78.9 Å². The van der Waals surface area contributed by atoms with Gasteiger partial charge in [-0.1, -0.05) is 65.9 Å². The summed E-state index contributed by atoms with van der Waals surface area (Å²) in [5.74, 6) is -0.275. The van der Waals surface area contributed by atoms with Crippen LogP contribution in [0.25, 0.3) is 33.2 Å². The summed E-state index contributed by atoms with van der Waals surface area (Å²) in [6, 6.07) is 25.6. The number of hydrazone groups is 1. The van der Waals surface area contributed by atoms with E-state index in [4.69, 9.17) is 0 Å². The molecule has 5 rings (SSSR count). The molecule has 7 nitrogen and oxygen atoms in total. The van der Waals surface area contributed by atoms with Gasteiger partial charge in [-0.3, -0.25) is 4.79 Å². The van der Waals surface area contributed by atoms with E-state index in [0.29, 0.717) is 0 Å². The van der Waals surface area contributed by atoms with Gasteiger partial charge in [0.1, 0.15) is 12.1 Å². The molecular formula is C23H18N6O. The van der Waals surface area contributed by atoms with Crippen molar-refractivity contribution < 1.29 is 4.79 Å². The van der Waals surface area contributed by atoms with E-state index >= 15 is 0 Å². The Morgan fingerprint density at radius 2 is 1.77 bits per heavy atom. The molecule has 0 fully saturated rings. The number of hydrogen-bond donors (Lipinski definition) is 2. The molecule has 0 saturated heterocycles. The first-order valence-corrected chi connectivity index (χ1v) is 9.56. The van der Waals surface area contributed by atoms with Gasteiger partial charge in [-0.05, 0) is 23.8 Å². The minimum Gasteiger partial charge on any atom is -0.354 e.